The van der Waals surface area contributed by atoms with Crippen LogP contribution in [0, 0.1) is 13.7 Å². The quantitative estimate of drug-likeness (QED) is 0.344. The van der Waals surface area contributed by atoms with E-state index in [9.17, 15) is 14.9 Å². The molecule has 108 valence electrons. The van der Waals surface area contributed by atoms with Crippen molar-refractivity contribution in [3.63, 3.8) is 0 Å². The van der Waals surface area contributed by atoms with Gasteiger partial charge in [-0.3, -0.25) is 14.9 Å². The van der Waals surface area contributed by atoms with Crippen LogP contribution in [-0.2, 0) is 0 Å². The van der Waals surface area contributed by atoms with Gasteiger partial charge in [0.25, 0.3) is 11.6 Å². The molecule has 6 nitrogen and oxygen atoms in total. The topological polar surface area (TPSA) is 98.3 Å². The number of amides is 1. The van der Waals surface area contributed by atoms with Crippen LogP contribution in [0.1, 0.15) is 10.4 Å². The molecule has 0 unspecified atom stereocenters. The van der Waals surface area contributed by atoms with Crippen LogP contribution in [0.25, 0.3) is 0 Å². The summed E-state index contributed by atoms with van der Waals surface area (Å²) in [5.74, 6) is -0.554. The number of carbonyl (C=O) groups excluding carboxylic acids is 1. The second-order valence-electron chi connectivity index (χ2n) is 4.08. The van der Waals surface area contributed by atoms with Crippen LogP contribution in [0.4, 0.5) is 17.1 Å². The molecule has 3 N–H and O–H groups in total. The molecule has 0 spiro atoms. The minimum absolute atomic E-state index is 0.00528. The number of hydrogen-bond acceptors (Lipinski definition) is 4. The number of nitrogen functional groups attached to an aromatic ring is 1. The van der Waals surface area contributed by atoms with Gasteiger partial charge < -0.3 is 11.1 Å². The Balaban J connectivity index is 2.39. The molecular formula is C13H9ClIN3O3. The molecule has 0 aliphatic rings. The van der Waals surface area contributed by atoms with Gasteiger partial charge >= 0.3 is 0 Å². The highest BCUT2D eigenvalue weighted by atomic mass is 127. The standard InChI is InChI=1S/C13H9ClIN3O3/c14-9-6-7(18(20)21)5-8(12(9)16)13(19)17-11-4-2-1-3-10(11)15/h1-6H,16H2,(H,17,19). The fourth-order valence-corrected chi connectivity index (χ4v) is 2.38. The van der Waals surface area contributed by atoms with Gasteiger partial charge in [-0.05, 0) is 34.7 Å². The lowest BCUT2D eigenvalue weighted by atomic mass is 10.1. The number of nitro benzene ring substituents is 1. The zero-order valence-electron chi connectivity index (χ0n) is 10.5. The van der Waals surface area contributed by atoms with E-state index in [1.165, 1.54) is 0 Å². The Morgan fingerprint density at radius 3 is 2.62 bits per heavy atom. The first-order chi connectivity index (χ1) is 9.90. The minimum Gasteiger partial charge on any atom is -0.397 e. The Kier molecular flexibility index (Phi) is 4.63. The maximum absolute atomic E-state index is 12.2. The number of nitrogens with two attached hydrogens (primary N) is 1. The number of para-hydroxylation sites is 1. The number of nitrogens with one attached hydrogen (secondary N) is 1. The number of benzene rings is 2. The smallest absolute Gasteiger partial charge is 0.271 e. The molecule has 0 aromatic heterocycles. The molecule has 0 fully saturated rings. The zero-order valence-corrected chi connectivity index (χ0v) is 13.4. The van der Waals surface area contributed by atoms with Crippen LogP contribution in [-0.4, -0.2) is 10.8 Å². The van der Waals surface area contributed by atoms with E-state index >= 15 is 0 Å². The highest BCUT2D eigenvalue weighted by Gasteiger charge is 2.19. The lowest BCUT2D eigenvalue weighted by Gasteiger charge is -2.10. The van der Waals surface area contributed by atoms with Crippen LogP contribution in [0.15, 0.2) is 36.4 Å². The fourth-order valence-electron chi connectivity index (χ4n) is 1.65. The van der Waals surface area contributed by atoms with Gasteiger partial charge in [0.1, 0.15) is 0 Å². The fraction of sp³-hybridized carbons (Fsp3) is 0. The second kappa shape index (κ2) is 6.27. The van der Waals surface area contributed by atoms with Crippen molar-refractivity contribution in [3.8, 4) is 0 Å². The van der Waals surface area contributed by atoms with Gasteiger partial charge in [0.05, 0.1) is 26.9 Å². The van der Waals surface area contributed by atoms with Gasteiger partial charge in [0, 0.05) is 15.7 Å². The summed E-state index contributed by atoms with van der Waals surface area (Å²) in [5.41, 5.74) is 6.00. The van der Waals surface area contributed by atoms with E-state index in [1.807, 2.05) is 12.1 Å². The third kappa shape index (κ3) is 3.42. The van der Waals surface area contributed by atoms with Crippen molar-refractivity contribution in [3.05, 3.63) is 60.7 Å². The number of carbonyl (C=O) groups is 1. The Bertz CT molecular complexity index is 737. The highest BCUT2D eigenvalue weighted by Crippen LogP contribution is 2.29. The highest BCUT2D eigenvalue weighted by molar-refractivity contribution is 14.1. The van der Waals surface area contributed by atoms with Gasteiger partial charge in [0.2, 0.25) is 0 Å². The van der Waals surface area contributed by atoms with Crippen LogP contribution in [0.5, 0.6) is 0 Å². The number of anilines is 2. The lowest BCUT2D eigenvalue weighted by molar-refractivity contribution is -0.384. The molecule has 0 saturated carbocycles. The predicted molar refractivity (Wildman–Crippen MR) is 89.6 cm³/mol. The predicted octanol–water partition coefficient (Wildman–Crippen LogP) is 3.69. The number of rotatable bonds is 3. The average Bonchev–Trinajstić information content (AvgIpc) is 2.43. The summed E-state index contributed by atoms with van der Waals surface area (Å²) in [6.45, 7) is 0. The molecule has 2 aromatic carbocycles. The van der Waals surface area contributed by atoms with Crippen molar-refractivity contribution in [1.82, 2.24) is 0 Å². The van der Waals surface area contributed by atoms with Crippen LogP contribution < -0.4 is 11.1 Å². The maximum atomic E-state index is 12.2. The summed E-state index contributed by atoms with van der Waals surface area (Å²) in [5, 5.41) is 13.4. The summed E-state index contributed by atoms with van der Waals surface area (Å²) in [4.78, 5) is 22.4. The van der Waals surface area contributed by atoms with Gasteiger partial charge in [0.15, 0.2) is 0 Å². The third-order valence-corrected chi connectivity index (χ3v) is 3.95. The van der Waals surface area contributed by atoms with Crippen LogP contribution >= 0.6 is 34.2 Å². The van der Waals surface area contributed by atoms with E-state index in [0.717, 1.165) is 15.7 Å². The number of nitro groups is 1. The molecule has 0 radical (unpaired) electrons. The van der Waals surface area contributed by atoms with Gasteiger partial charge in [-0.15, -0.1) is 0 Å². The third-order valence-electron chi connectivity index (χ3n) is 2.69. The summed E-state index contributed by atoms with van der Waals surface area (Å²) in [6, 6.07) is 9.35. The first kappa shape index (κ1) is 15.5. The molecular weight excluding hydrogens is 409 g/mol. The lowest BCUT2D eigenvalue weighted by Crippen LogP contribution is -2.15. The average molecular weight is 418 g/mol. The minimum atomic E-state index is -0.631. The van der Waals surface area contributed by atoms with Crippen LogP contribution in [0.3, 0.4) is 0 Å². The monoisotopic (exact) mass is 417 g/mol. The summed E-state index contributed by atoms with van der Waals surface area (Å²) < 4.78 is 0.832. The molecule has 21 heavy (non-hydrogen) atoms. The van der Waals surface area contributed by atoms with Crippen molar-refractivity contribution in [2.24, 2.45) is 0 Å². The molecule has 0 aliphatic carbocycles. The summed E-state index contributed by atoms with van der Waals surface area (Å²) >= 11 is 7.90. The summed E-state index contributed by atoms with van der Waals surface area (Å²) in [6.07, 6.45) is 0. The first-order valence-corrected chi connectivity index (χ1v) is 7.15. The first-order valence-electron chi connectivity index (χ1n) is 5.69. The number of nitrogens with zero attached hydrogens (tertiary/aromatic N) is 1. The number of hydrogen-bond donors (Lipinski definition) is 2. The Hall–Kier alpha value is -1.87. The van der Waals surface area contributed by atoms with E-state index < -0.39 is 10.8 Å². The van der Waals surface area contributed by atoms with E-state index in [4.69, 9.17) is 17.3 Å². The van der Waals surface area contributed by atoms with Crippen molar-refractivity contribution in [2.45, 2.75) is 0 Å². The number of halogens is 2. The van der Waals surface area contributed by atoms with E-state index in [1.54, 1.807) is 12.1 Å². The number of non-ortho nitro benzene ring substituents is 1. The van der Waals surface area contributed by atoms with Crippen molar-refractivity contribution >= 4 is 57.2 Å². The largest absolute Gasteiger partial charge is 0.397 e. The van der Waals surface area contributed by atoms with E-state index in [-0.39, 0.29) is 22.0 Å². The molecule has 0 saturated heterocycles. The molecule has 8 heteroatoms. The van der Waals surface area contributed by atoms with E-state index in [0.29, 0.717) is 5.69 Å². The van der Waals surface area contributed by atoms with Gasteiger partial charge in [-0.1, -0.05) is 23.7 Å². The van der Waals surface area contributed by atoms with Gasteiger partial charge in [-0.25, -0.2) is 0 Å². The SMILES string of the molecule is Nc1c(Cl)cc([N+](=O)[O-])cc1C(=O)Nc1ccccc1I. The second-order valence-corrected chi connectivity index (χ2v) is 5.65. The molecule has 2 aromatic rings. The Labute approximate surface area is 138 Å². The molecule has 0 atom stereocenters. The van der Waals surface area contributed by atoms with Gasteiger partial charge in [-0.2, -0.15) is 0 Å². The summed E-state index contributed by atoms with van der Waals surface area (Å²) in [7, 11) is 0. The molecule has 0 heterocycles. The molecule has 0 aliphatic heterocycles. The maximum Gasteiger partial charge on any atom is 0.271 e. The van der Waals surface area contributed by atoms with Crippen molar-refractivity contribution in [1.29, 1.82) is 0 Å². The zero-order chi connectivity index (χ0) is 15.6. The Morgan fingerprint density at radius 2 is 2.00 bits per heavy atom. The molecule has 2 rings (SSSR count). The molecule has 1 amide bonds. The normalized spacial score (nSPS) is 10.2. The van der Waals surface area contributed by atoms with Crippen molar-refractivity contribution < 1.29 is 9.72 Å². The van der Waals surface area contributed by atoms with Crippen molar-refractivity contribution in [2.75, 3.05) is 11.1 Å². The van der Waals surface area contributed by atoms with E-state index in [2.05, 4.69) is 27.9 Å². The Morgan fingerprint density at radius 1 is 1.33 bits per heavy atom. The van der Waals surface area contributed by atoms with Crippen LogP contribution in [0.2, 0.25) is 5.02 Å². The molecule has 0 bridgehead atoms.